The van der Waals surface area contributed by atoms with E-state index in [4.69, 9.17) is 21.1 Å². The molecule has 2 fully saturated rings. The van der Waals surface area contributed by atoms with Gasteiger partial charge in [-0.3, -0.25) is 9.69 Å². The lowest BCUT2D eigenvalue weighted by Gasteiger charge is -2.34. The van der Waals surface area contributed by atoms with Crippen molar-refractivity contribution < 1.29 is 14.3 Å². The third-order valence-corrected chi connectivity index (χ3v) is 5.71. The van der Waals surface area contributed by atoms with Gasteiger partial charge in [0.25, 0.3) is 5.91 Å². The Morgan fingerprint density at radius 2 is 2.00 bits per heavy atom. The summed E-state index contributed by atoms with van der Waals surface area (Å²) < 4.78 is 11.1. The molecule has 29 heavy (non-hydrogen) atoms. The van der Waals surface area contributed by atoms with Crippen LogP contribution < -0.4 is 4.74 Å². The lowest BCUT2D eigenvalue weighted by atomic mass is 10.1. The van der Waals surface area contributed by atoms with E-state index in [-0.39, 0.29) is 12.0 Å². The van der Waals surface area contributed by atoms with Crippen molar-refractivity contribution in [3.8, 4) is 5.88 Å². The average molecular weight is 416 g/mol. The first-order valence-corrected chi connectivity index (χ1v) is 10.5. The fourth-order valence-corrected chi connectivity index (χ4v) is 3.89. The van der Waals surface area contributed by atoms with E-state index in [1.807, 2.05) is 11.0 Å². The van der Waals surface area contributed by atoms with Crippen molar-refractivity contribution in [2.45, 2.75) is 18.9 Å². The van der Waals surface area contributed by atoms with E-state index in [2.05, 4.69) is 34.1 Å². The minimum absolute atomic E-state index is 0.0227. The molecule has 3 heterocycles. The minimum atomic E-state index is -0.0298. The Labute approximate surface area is 176 Å². The lowest BCUT2D eigenvalue weighted by molar-refractivity contribution is 0.0638. The van der Waals surface area contributed by atoms with Gasteiger partial charge >= 0.3 is 0 Å². The first-order valence-electron chi connectivity index (χ1n) is 10.1. The highest BCUT2D eigenvalue weighted by molar-refractivity contribution is 6.32. The molecule has 4 rings (SSSR count). The highest BCUT2D eigenvalue weighted by Crippen LogP contribution is 2.25. The maximum atomic E-state index is 12.8. The van der Waals surface area contributed by atoms with Gasteiger partial charge in [-0.2, -0.15) is 0 Å². The van der Waals surface area contributed by atoms with Gasteiger partial charge in [-0.25, -0.2) is 4.98 Å². The molecule has 2 aliphatic rings. The number of carbonyl (C=O) groups is 1. The fraction of sp³-hybridized carbons (Fsp3) is 0.455. The molecule has 0 bridgehead atoms. The van der Waals surface area contributed by atoms with Crippen LogP contribution in [0.4, 0.5) is 0 Å². The first-order chi connectivity index (χ1) is 14.2. The molecule has 2 saturated heterocycles. The van der Waals surface area contributed by atoms with Gasteiger partial charge < -0.3 is 14.4 Å². The Kier molecular flexibility index (Phi) is 6.64. The van der Waals surface area contributed by atoms with Crippen molar-refractivity contribution in [3.05, 3.63) is 58.7 Å². The Morgan fingerprint density at radius 1 is 1.21 bits per heavy atom. The van der Waals surface area contributed by atoms with Crippen LogP contribution in [0.2, 0.25) is 5.02 Å². The highest BCUT2D eigenvalue weighted by atomic mass is 35.5. The summed E-state index contributed by atoms with van der Waals surface area (Å²) in [4.78, 5) is 21.4. The number of rotatable bonds is 6. The first kappa shape index (κ1) is 20.1. The minimum Gasteiger partial charge on any atom is -0.471 e. The van der Waals surface area contributed by atoms with E-state index >= 15 is 0 Å². The number of halogens is 1. The Bertz CT molecular complexity index is 819. The third kappa shape index (κ3) is 5.26. The number of hydrogen-bond donors (Lipinski definition) is 0. The number of nitrogens with zero attached hydrogens (tertiary/aromatic N) is 3. The van der Waals surface area contributed by atoms with Crippen LogP contribution in [0, 0.1) is 0 Å². The topological polar surface area (TPSA) is 54.9 Å². The Hall–Kier alpha value is -2.15. The second kappa shape index (κ2) is 9.57. The van der Waals surface area contributed by atoms with Gasteiger partial charge in [0.1, 0.15) is 11.1 Å². The summed E-state index contributed by atoms with van der Waals surface area (Å²) in [5, 5.41) is 0.365. The van der Waals surface area contributed by atoms with E-state index in [9.17, 15) is 4.79 Å². The predicted molar refractivity (Wildman–Crippen MR) is 112 cm³/mol. The van der Waals surface area contributed by atoms with Crippen molar-refractivity contribution in [1.29, 1.82) is 0 Å². The fourth-order valence-electron chi connectivity index (χ4n) is 3.68. The van der Waals surface area contributed by atoms with Gasteiger partial charge in [0, 0.05) is 45.3 Å². The zero-order chi connectivity index (χ0) is 20.1. The molecule has 7 heteroatoms. The van der Waals surface area contributed by atoms with Gasteiger partial charge in [-0.1, -0.05) is 41.9 Å². The van der Waals surface area contributed by atoms with Crippen molar-refractivity contribution in [2.24, 2.45) is 0 Å². The summed E-state index contributed by atoms with van der Waals surface area (Å²) in [6, 6.07) is 12.2. The smallest absolute Gasteiger partial charge is 0.255 e. The summed E-state index contributed by atoms with van der Waals surface area (Å²) in [6.07, 6.45) is 3.39. The van der Waals surface area contributed by atoms with Crippen molar-refractivity contribution >= 4 is 17.5 Å². The molecule has 2 aliphatic heterocycles. The molecule has 0 saturated carbocycles. The normalized spacial score (nSPS) is 20.0. The molecule has 6 nitrogen and oxygen atoms in total. The van der Waals surface area contributed by atoms with E-state index in [1.54, 1.807) is 12.3 Å². The molecule has 0 unspecified atom stereocenters. The number of hydrogen-bond acceptors (Lipinski definition) is 5. The monoisotopic (exact) mass is 415 g/mol. The molecule has 1 aromatic carbocycles. The zero-order valence-corrected chi connectivity index (χ0v) is 17.2. The van der Waals surface area contributed by atoms with Crippen LogP contribution in [0.3, 0.4) is 0 Å². The Balaban J connectivity index is 1.28. The van der Waals surface area contributed by atoms with E-state index in [0.29, 0.717) is 42.8 Å². The number of benzene rings is 1. The van der Waals surface area contributed by atoms with E-state index in [1.165, 1.54) is 5.56 Å². The van der Waals surface area contributed by atoms with Gasteiger partial charge in [0.05, 0.1) is 18.8 Å². The van der Waals surface area contributed by atoms with Crippen LogP contribution in [-0.4, -0.2) is 72.7 Å². The molecule has 1 aromatic heterocycles. The van der Waals surface area contributed by atoms with Crippen LogP contribution >= 0.6 is 11.6 Å². The van der Waals surface area contributed by atoms with Crippen LogP contribution in [0.15, 0.2) is 42.6 Å². The van der Waals surface area contributed by atoms with Crippen LogP contribution in [0.1, 0.15) is 22.3 Å². The molecular formula is C22H26ClN3O3. The van der Waals surface area contributed by atoms with E-state index in [0.717, 1.165) is 32.5 Å². The molecule has 0 radical (unpaired) electrons. The molecule has 0 N–H and O–H groups in total. The molecule has 1 amide bonds. The van der Waals surface area contributed by atoms with E-state index < -0.39 is 0 Å². The summed E-state index contributed by atoms with van der Waals surface area (Å²) in [6.45, 7) is 5.43. The number of aromatic nitrogens is 1. The lowest BCUT2D eigenvalue weighted by Crippen LogP contribution is -2.49. The van der Waals surface area contributed by atoms with Crippen molar-refractivity contribution in [1.82, 2.24) is 14.8 Å². The van der Waals surface area contributed by atoms with Crippen LogP contribution in [0.25, 0.3) is 0 Å². The molecule has 0 spiro atoms. The number of carbonyl (C=O) groups excluding carboxylic acids is 1. The molecule has 1 atom stereocenters. The van der Waals surface area contributed by atoms with Crippen molar-refractivity contribution in [3.63, 3.8) is 0 Å². The largest absolute Gasteiger partial charge is 0.471 e. The predicted octanol–water partition coefficient (Wildman–Crippen LogP) is 2.90. The maximum absolute atomic E-state index is 12.8. The van der Waals surface area contributed by atoms with Gasteiger partial charge in [-0.15, -0.1) is 0 Å². The quantitative estimate of drug-likeness (QED) is 0.726. The molecular weight excluding hydrogens is 390 g/mol. The number of ether oxygens (including phenoxy) is 2. The summed E-state index contributed by atoms with van der Waals surface area (Å²) in [7, 11) is 0. The van der Waals surface area contributed by atoms with Gasteiger partial charge in [0.15, 0.2) is 0 Å². The molecule has 0 aliphatic carbocycles. The van der Waals surface area contributed by atoms with Crippen LogP contribution in [-0.2, 0) is 11.2 Å². The number of amides is 1. The van der Waals surface area contributed by atoms with Gasteiger partial charge in [0.2, 0.25) is 5.88 Å². The third-order valence-electron chi connectivity index (χ3n) is 5.44. The second-order valence-corrected chi connectivity index (χ2v) is 7.89. The second-order valence-electron chi connectivity index (χ2n) is 7.48. The average Bonchev–Trinajstić information content (AvgIpc) is 3.27. The Morgan fingerprint density at radius 3 is 2.69 bits per heavy atom. The van der Waals surface area contributed by atoms with Gasteiger partial charge in [-0.05, 0) is 18.1 Å². The summed E-state index contributed by atoms with van der Waals surface area (Å²) in [5.41, 5.74) is 1.85. The zero-order valence-electron chi connectivity index (χ0n) is 16.4. The standard InChI is InChI=1S/C22H26ClN3O3/c23-20-14-18(15-24-21(20)29-19-7-13-28-16-19)22(27)26-11-9-25(10-12-26)8-6-17-4-2-1-3-5-17/h1-5,14-15,19H,6-13,16H2/t19-/m0/s1. The highest BCUT2D eigenvalue weighted by Gasteiger charge is 2.24. The van der Waals surface area contributed by atoms with Crippen molar-refractivity contribution in [2.75, 3.05) is 45.9 Å². The maximum Gasteiger partial charge on any atom is 0.255 e. The SMILES string of the molecule is O=C(c1cnc(O[C@H]2CCOC2)c(Cl)c1)N1CCN(CCc2ccccc2)CC1. The summed E-state index contributed by atoms with van der Waals surface area (Å²) in [5.74, 6) is 0.335. The number of pyridine rings is 1. The van der Waals surface area contributed by atoms with Crippen LogP contribution in [0.5, 0.6) is 5.88 Å². The summed E-state index contributed by atoms with van der Waals surface area (Å²) >= 11 is 6.31. The number of piperazine rings is 1. The molecule has 154 valence electrons. The molecule has 2 aromatic rings.